The fraction of sp³-hybridized carbons (Fsp3) is 0.755. The smallest absolute Gasteiger partial charge is 0.306 e. The minimum Gasteiger partial charge on any atom is -0.462 e. The van der Waals surface area contributed by atoms with Crippen LogP contribution in [0.25, 0.3) is 0 Å². The lowest BCUT2D eigenvalue weighted by Crippen LogP contribution is -2.30. The van der Waals surface area contributed by atoms with E-state index < -0.39 is 6.10 Å². The summed E-state index contributed by atoms with van der Waals surface area (Å²) in [5.41, 5.74) is 0. The molecule has 1 atom stereocenters. The molecule has 0 bridgehead atoms. The van der Waals surface area contributed by atoms with Crippen molar-refractivity contribution in [2.75, 3.05) is 13.2 Å². The Morgan fingerprint density at radius 3 is 1.08 bits per heavy atom. The summed E-state index contributed by atoms with van der Waals surface area (Å²) >= 11 is 0. The van der Waals surface area contributed by atoms with Crippen LogP contribution in [0.2, 0.25) is 0 Å². The fourth-order valence-electron chi connectivity index (χ4n) is 6.78. The van der Waals surface area contributed by atoms with Gasteiger partial charge in [0.1, 0.15) is 13.2 Å². The van der Waals surface area contributed by atoms with E-state index in [0.29, 0.717) is 19.3 Å². The highest BCUT2D eigenvalue weighted by Gasteiger charge is 2.19. The molecule has 0 saturated carbocycles. The molecule has 0 aromatic heterocycles. The zero-order valence-electron chi connectivity index (χ0n) is 38.8. The Morgan fingerprint density at radius 1 is 0.356 bits per heavy atom. The summed E-state index contributed by atoms with van der Waals surface area (Å²) in [4.78, 5) is 37.9. The Labute approximate surface area is 364 Å². The maximum Gasteiger partial charge on any atom is 0.306 e. The first-order valence-corrected chi connectivity index (χ1v) is 24.8. The van der Waals surface area contributed by atoms with E-state index in [-0.39, 0.29) is 31.1 Å². The number of allylic oxidation sites excluding steroid dienone is 10. The SMILES string of the molecule is CC/C=C/C=C/C=C/CCCCCCCC(=O)OCC(COC(=O)CCCCC/C=C/CCCCCCCCC)OC(=O)CCCCC/C=C/CCCCCCCCC. The van der Waals surface area contributed by atoms with Crippen LogP contribution < -0.4 is 0 Å². The lowest BCUT2D eigenvalue weighted by atomic mass is 10.1. The van der Waals surface area contributed by atoms with Crippen LogP contribution in [-0.4, -0.2) is 37.2 Å². The van der Waals surface area contributed by atoms with E-state index in [1.54, 1.807) is 0 Å². The molecule has 0 aromatic carbocycles. The molecule has 0 aromatic rings. The van der Waals surface area contributed by atoms with Gasteiger partial charge < -0.3 is 14.2 Å². The molecule has 0 aliphatic heterocycles. The molecule has 6 nitrogen and oxygen atoms in total. The van der Waals surface area contributed by atoms with Gasteiger partial charge in [0.2, 0.25) is 0 Å². The third-order valence-electron chi connectivity index (χ3n) is 10.5. The third-order valence-corrected chi connectivity index (χ3v) is 10.5. The number of hydrogen-bond acceptors (Lipinski definition) is 6. The van der Waals surface area contributed by atoms with E-state index in [0.717, 1.165) is 109 Å². The Hall–Kier alpha value is -2.89. The monoisotopic (exact) mass is 825 g/mol. The molecule has 340 valence electrons. The van der Waals surface area contributed by atoms with E-state index in [2.05, 4.69) is 81.5 Å². The first-order valence-electron chi connectivity index (χ1n) is 24.8. The molecule has 0 spiro atoms. The second-order valence-electron chi connectivity index (χ2n) is 16.4. The van der Waals surface area contributed by atoms with Crippen molar-refractivity contribution >= 4 is 17.9 Å². The Morgan fingerprint density at radius 2 is 0.678 bits per heavy atom. The second kappa shape index (κ2) is 47.8. The Bertz CT molecular complexity index is 1090. The highest BCUT2D eigenvalue weighted by molar-refractivity contribution is 5.71. The lowest BCUT2D eigenvalue weighted by Gasteiger charge is -2.18. The van der Waals surface area contributed by atoms with Gasteiger partial charge in [-0.3, -0.25) is 14.4 Å². The first-order chi connectivity index (χ1) is 29.0. The average Bonchev–Trinajstić information content (AvgIpc) is 3.23. The predicted octanol–water partition coefficient (Wildman–Crippen LogP) is 16.1. The van der Waals surface area contributed by atoms with E-state index in [9.17, 15) is 14.4 Å². The van der Waals surface area contributed by atoms with Crippen molar-refractivity contribution in [1.29, 1.82) is 0 Å². The summed E-state index contributed by atoms with van der Waals surface area (Å²) in [7, 11) is 0. The number of ether oxygens (including phenoxy) is 3. The molecule has 0 fully saturated rings. The molecular formula is C53H92O6. The van der Waals surface area contributed by atoms with Crippen LogP contribution in [0.4, 0.5) is 0 Å². The summed E-state index contributed by atoms with van der Waals surface area (Å²) in [5.74, 6) is -0.945. The van der Waals surface area contributed by atoms with E-state index in [4.69, 9.17) is 14.2 Å². The number of hydrogen-bond donors (Lipinski definition) is 0. The fourth-order valence-corrected chi connectivity index (χ4v) is 6.78. The largest absolute Gasteiger partial charge is 0.462 e. The number of esters is 3. The van der Waals surface area contributed by atoms with Crippen molar-refractivity contribution in [1.82, 2.24) is 0 Å². The van der Waals surface area contributed by atoms with E-state index in [1.165, 1.54) is 89.9 Å². The molecule has 0 aliphatic rings. The van der Waals surface area contributed by atoms with Crippen LogP contribution in [0.3, 0.4) is 0 Å². The molecule has 0 saturated heterocycles. The van der Waals surface area contributed by atoms with Crippen molar-refractivity contribution in [3.8, 4) is 0 Å². The van der Waals surface area contributed by atoms with Crippen LogP contribution in [0.1, 0.15) is 239 Å². The topological polar surface area (TPSA) is 78.9 Å². The zero-order valence-corrected chi connectivity index (χ0v) is 38.8. The maximum absolute atomic E-state index is 12.8. The van der Waals surface area contributed by atoms with Gasteiger partial charge in [-0.2, -0.15) is 0 Å². The number of carbonyl (C=O) groups is 3. The Balaban J connectivity index is 4.45. The first kappa shape index (κ1) is 56.1. The second-order valence-corrected chi connectivity index (χ2v) is 16.4. The van der Waals surface area contributed by atoms with Gasteiger partial charge in [-0.15, -0.1) is 0 Å². The van der Waals surface area contributed by atoms with Crippen LogP contribution in [-0.2, 0) is 28.6 Å². The molecule has 0 N–H and O–H groups in total. The third kappa shape index (κ3) is 46.0. The highest BCUT2D eigenvalue weighted by atomic mass is 16.6. The van der Waals surface area contributed by atoms with Crippen LogP contribution in [0, 0.1) is 0 Å². The van der Waals surface area contributed by atoms with Gasteiger partial charge in [0, 0.05) is 19.3 Å². The number of rotatable bonds is 44. The van der Waals surface area contributed by atoms with Crippen LogP contribution in [0.15, 0.2) is 60.8 Å². The molecule has 0 radical (unpaired) electrons. The standard InChI is InChI=1S/C53H92O6/c1-4-7-10-13-16-19-22-25-28-31-34-37-40-43-46-52(55)58-49-50(48-57-51(54)45-42-39-36-33-30-27-24-21-18-15-12-9-6-3)59-53(56)47-44-41-38-35-32-29-26-23-20-17-14-11-8-5-2/h9,12,15,18,21,24,28-29,31-32,50H,4-8,10-11,13-14,16-17,19-20,22-23,25-27,30,33-49H2,1-3H3/b12-9+,18-15+,24-21+,31-28+,32-29+. The summed E-state index contributed by atoms with van der Waals surface area (Å²) < 4.78 is 16.7. The van der Waals surface area contributed by atoms with Gasteiger partial charge in [-0.05, 0) is 89.9 Å². The molecule has 1 unspecified atom stereocenters. The van der Waals surface area contributed by atoms with E-state index >= 15 is 0 Å². The van der Waals surface area contributed by atoms with Crippen molar-refractivity contribution in [3.05, 3.63) is 60.8 Å². The molecule has 0 rings (SSSR count). The van der Waals surface area contributed by atoms with Crippen molar-refractivity contribution in [2.45, 2.75) is 245 Å². The van der Waals surface area contributed by atoms with Gasteiger partial charge in [0.25, 0.3) is 0 Å². The number of carbonyl (C=O) groups excluding carboxylic acids is 3. The molecular weight excluding hydrogens is 733 g/mol. The van der Waals surface area contributed by atoms with Crippen LogP contribution in [0.5, 0.6) is 0 Å². The van der Waals surface area contributed by atoms with Gasteiger partial charge in [0.05, 0.1) is 0 Å². The molecule has 0 amide bonds. The van der Waals surface area contributed by atoms with Crippen molar-refractivity contribution in [3.63, 3.8) is 0 Å². The van der Waals surface area contributed by atoms with Crippen molar-refractivity contribution < 1.29 is 28.6 Å². The molecule has 6 heteroatoms. The molecule has 59 heavy (non-hydrogen) atoms. The lowest BCUT2D eigenvalue weighted by molar-refractivity contribution is -0.167. The Kier molecular flexibility index (Phi) is 45.4. The van der Waals surface area contributed by atoms with Crippen molar-refractivity contribution in [2.24, 2.45) is 0 Å². The van der Waals surface area contributed by atoms with Crippen LogP contribution >= 0.6 is 0 Å². The summed E-state index contributed by atoms with van der Waals surface area (Å²) in [5, 5.41) is 0. The highest BCUT2D eigenvalue weighted by Crippen LogP contribution is 2.13. The summed E-state index contributed by atoms with van der Waals surface area (Å²) in [6.07, 6.45) is 57.7. The van der Waals surface area contributed by atoms with Gasteiger partial charge >= 0.3 is 17.9 Å². The quantitative estimate of drug-likeness (QED) is 0.0200. The van der Waals surface area contributed by atoms with Gasteiger partial charge in [-0.25, -0.2) is 0 Å². The van der Waals surface area contributed by atoms with Gasteiger partial charge in [-0.1, -0.05) is 191 Å². The maximum atomic E-state index is 12.8. The summed E-state index contributed by atoms with van der Waals surface area (Å²) in [6, 6.07) is 0. The molecule has 0 aliphatic carbocycles. The predicted molar refractivity (Wildman–Crippen MR) is 251 cm³/mol. The minimum absolute atomic E-state index is 0.0948. The zero-order chi connectivity index (χ0) is 43.0. The minimum atomic E-state index is -0.794. The average molecular weight is 825 g/mol. The number of unbranched alkanes of at least 4 members (excludes halogenated alkanes) is 25. The van der Waals surface area contributed by atoms with E-state index in [1.807, 2.05) is 0 Å². The summed E-state index contributed by atoms with van der Waals surface area (Å²) in [6.45, 7) is 6.45. The van der Waals surface area contributed by atoms with Gasteiger partial charge in [0.15, 0.2) is 6.10 Å². The molecule has 0 heterocycles. The normalized spacial score (nSPS) is 12.5.